The number of methoxy groups -OCH3 is 1. The minimum absolute atomic E-state index is 0.109. The molecule has 0 saturated carbocycles. The molecular formula is C17H21F2NO3. The highest BCUT2D eigenvalue weighted by atomic mass is 19.1. The summed E-state index contributed by atoms with van der Waals surface area (Å²) in [5.74, 6) is -1.26. The van der Waals surface area contributed by atoms with Crippen LogP contribution in [0, 0.1) is 11.6 Å². The summed E-state index contributed by atoms with van der Waals surface area (Å²) in [6.45, 7) is 6.04. The zero-order chi connectivity index (χ0) is 17.2. The summed E-state index contributed by atoms with van der Waals surface area (Å²) < 4.78 is 38.2. The Labute approximate surface area is 134 Å². The van der Waals surface area contributed by atoms with Crippen molar-refractivity contribution in [1.82, 2.24) is 4.90 Å². The van der Waals surface area contributed by atoms with Gasteiger partial charge in [-0.25, -0.2) is 13.6 Å². The van der Waals surface area contributed by atoms with Crippen molar-refractivity contribution in [1.29, 1.82) is 0 Å². The zero-order valence-electron chi connectivity index (χ0n) is 13.8. The predicted octanol–water partition coefficient (Wildman–Crippen LogP) is 4.00. The van der Waals surface area contributed by atoms with Crippen LogP contribution in [-0.2, 0) is 4.74 Å². The first-order valence-corrected chi connectivity index (χ1v) is 7.42. The molecular weight excluding hydrogens is 304 g/mol. The molecule has 0 unspecified atom stereocenters. The van der Waals surface area contributed by atoms with E-state index in [4.69, 9.17) is 9.47 Å². The van der Waals surface area contributed by atoms with Crippen LogP contribution in [-0.4, -0.2) is 36.8 Å². The number of amides is 1. The van der Waals surface area contributed by atoms with Gasteiger partial charge in [0.05, 0.1) is 12.7 Å². The maximum Gasteiger partial charge on any atom is 0.410 e. The van der Waals surface area contributed by atoms with Crippen molar-refractivity contribution in [3.63, 3.8) is 0 Å². The summed E-state index contributed by atoms with van der Waals surface area (Å²) in [5, 5.41) is 0. The predicted molar refractivity (Wildman–Crippen MR) is 83.3 cm³/mol. The van der Waals surface area contributed by atoms with Gasteiger partial charge in [-0.3, -0.25) is 0 Å². The molecule has 0 bridgehead atoms. The molecule has 2 rings (SSSR count). The summed E-state index contributed by atoms with van der Waals surface area (Å²) >= 11 is 0. The minimum atomic E-state index is -0.612. The number of carbonyl (C=O) groups excluding carboxylic acids is 1. The molecule has 1 amide bonds. The summed E-state index contributed by atoms with van der Waals surface area (Å²) in [5.41, 5.74) is 0.175. The van der Waals surface area contributed by atoms with Crippen LogP contribution in [0.4, 0.5) is 13.6 Å². The lowest BCUT2D eigenvalue weighted by Gasteiger charge is -2.30. The number of rotatable bonds is 2. The largest absolute Gasteiger partial charge is 0.493 e. The third-order valence-corrected chi connectivity index (χ3v) is 3.44. The fourth-order valence-electron chi connectivity index (χ4n) is 2.42. The van der Waals surface area contributed by atoms with E-state index in [1.165, 1.54) is 12.0 Å². The number of hydrogen-bond acceptors (Lipinski definition) is 3. The Morgan fingerprint density at radius 3 is 2.39 bits per heavy atom. The highest BCUT2D eigenvalue weighted by molar-refractivity contribution is 5.75. The molecule has 1 aliphatic heterocycles. The summed E-state index contributed by atoms with van der Waals surface area (Å²) in [6.07, 6.45) is 1.68. The number of ether oxygens (including phenoxy) is 2. The molecule has 0 radical (unpaired) electrons. The van der Waals surface area contributed by atoms with E-state index < -0.39 is 23.3 Å². The Hall–Kier alpha value is -2.11. The standard InChI is InChI=1S/C17H21F2NO3/c1-17(2,3)23-16(21)20-9-7-11(8-10-20)14-12(18)5-6-13(19)15(14)22-4/h5-7H,8-10H2,1-4H3. The molecule has 126 valence electrons. The molecule has 6 heteroatoms. The summed E-state index contributed by atoms with van der Waals surface area (Å²) in [6, 6.07) is 2.11. The molecule has 1 aliphatic rings. The maximum absolute atomic E-state index is 14.1. The van der Waals surface area contributed by atoms with Crippen LogP contribution >= 0.6 is 0 Å². The molecule has 0 aromatic heterocycles. The number of hydrogen-bond donors (Lipinski definition) is 0. The maximum atomic E-state index is 14.1. The van der Waals surface area contributed by atoms with E-state index in [2.05, 4.69) is 0 Å². The van der Waals surface area contributed by atoms with Gasteiger partial charge in [0, 0.05) is 13.1 Å². The molecule has 0 aliphatic carbocycles. The van der Waals surface area contributed by atoms with Gasteiger partial charge in [-0.05, 0) is 44.9 Å². The normalized spacial score (nSPS) is 15.2. The molecule has 0 N–H and O–H groups in total. The van der Waals surface area contributed by atoms with Crippen molar-refractivity contribution in [3.05, 3.63) is 35.4 Å². The highest BCUT2D eigenvalue weighted by Gasteiger charge is 2.26. The highest BCUT2D eigenvalue weighted by Crippen LogP contribution is 2.34. The molecule has 0 spiro atoms. The van der Waals surface area contributed by atoms with Gasteiger partial charge in [-0.2, -0.15) is 0 Å². The van der Waals surface area contributed by atoms with Crippen molar-refractivity contribution in [3.8, 4) is 5.75 Å². The minimum Gasteiger partial charge on any atom is -0.493 e. The number of benzene rings is 1. The number of halogens is 2. The van der Waals surface area contributed by atoms with Crippen LogP contribution in [0.2, 0.25) is 0 Å². The van der Waals surface area contributed by atoms with E-state index in [-0.39, 0.29) is 17.9 Å². The van der Waals surface area contributed by atoms with Crippen LogP contribution in [0.1, 0.15) is 32.8 Å². The van der Waals surface area contributed by atoms with E-state index >= 15 is 0 Å². The summed E-state index contributed by atoms with van der Waals surface area (Å²) in [4.78, 5) is 13.5. The fourth-order valence-corrected chi connectivity index (χ4v) is 2.42. The SMILES string of the molecule is COc1c(F)ccc(F)c1C1=CCN(C(=O)OC(C)(C)C)CC1. The van der Waals surface area contributed by atoms with E-state index in [0.717, 1.165) is 12.1 Å². The van der Waals surface area contributed by atoms with Crippen molar-refractivity contribution in [2.45, 2.75) is 32.8 Å². The third kappa shape index (κ3) is 4.00. The van der Waals surface area contributed by atoms with Crippen LogP contribution in [0.3, 0.4) is 0 Å². The third-order valence-electron chi connectivity index (χ3n) is 3.44. The van der Waals surface area contributed by atoms with E-state index in [1.54, 1.807) is 26.8 Å². The Morgan fingerprint density at radius 2 is 1.87 bits per heavy atom. The number of nitrogens with zero attached hydrogens (tertiary/aromatic N) is 1. The summed E-state index contributed by atoms with van der Waals surface area (Å²) in [7, 11) is 1.30. The Morgan fingerprint density at radius 1 is 1.22 bits per heavy atom. The second-order valence-electron chi connectivity index (χ2n) is 6.34. The number of carbonyl (C=O) groups is 1. The lowest BCUT2D eigenvalue weighted by molar-refractivity contribution is 0.0270. The monoisotopic (exact) mass is 325 g/mol. The quantitative estimate of drug-likeness (QED) is 0.825. The Bertz CT molecular complexity index is 635. The molecule has 4 nitrogen and oxygen atoms in total. The smallest absolute Gasteiger partial charge is 0.410 e. The average Bonchev–Trinajstić information content (AvgIpc) is 2.47. The van der Waals surface area contributed by atoms with Crippen molar-refractivity contribution < 1.29 is 23.0 Å². The van der Waals surface area contributed by atoms with Gasteiger partial charge >= 0.3 is 6.09 Å². The molecule has 1 aromatic carbocycles. The molecule has 1 heterocycles. The first kappa shape index (κ1) is 17.2. The zero-order valence-corrected chi connectivity index (χ0v) is 13.8. The fraction of sp³-hybridized carbons (Fsp3) is 0.471. The first-order valence-electron chi connectivity index (χ1n) is 7.42. The van der Waals surface area contributed by atoms with Gasteiger partial charge < -0.3 is 14.4 Å². The van der Waals surface area contributed by atoms with Gasteiger partial charge in [0.2, 0.25) is 0 Å². The van der Waals surface area contributed by atoms with Gasteiger partial charge in [0.25, 0.3) is 0 Å². The molecule has 0 atom stereocenters. The van der Waals surface area contributed by atoms with Crippen LogP contribution in [0.25, 0.3) is 5.57 Å². The van der Waals surface area contributed by atoms with Gasteiger partial charge in [-0.15, -0.1) is 0 Å². The second-order valence-corrected chi connectivity index (χ2v) is 6.34. The molecule has 1 aromatic rings. The molecule has 23 heavy (non-hydrogen) atoms. The van der Waals surface area contributed by atoms with Gasteiger partial charge in [-0.1, -0.05) is 6.08 Å². The van der Waals surface area contributed by atoms with Crippen molar-refractivity contribution >= 4 is 11.7 Å². The van der Waals surface area contributed by atoms with Crippen LogP contribution < -0.4 is 4.74 Å². The topological polar surface area (TPSA) is 38.8 Å². The Kier molecular flexibility index (Phi) is 4.92. The molecule has 0 fully saturated rings. The Balaban J connectivity index is 2.20. The van der Waals surface area contributed by atoms with Gasteiger partial charge in [0.15, 0.2) is 11.6 Å². The van der Waals surface area contributed by atoms with Crippen LogP contribution in [0.5, 0.6) is 5.75 Å². The van der Waals surface area contributed by atoms with E-state index in [0.29, 0.717) is 18.5 Å². The lowest BCUT2D eigenvalue weighted by Crippen LogP contribution is -2.39. The lowest BCUT2D eigenvalue weighted by atomic mass is 9.98. The van der Waals surface area contributed by atoms with Crippen LogP contribution in [0.15, 0.2) is 18.2 Å². The first-order chi connectivity index (χ1) is 10.7. The van der Waals surface area contributed by atoms with Gasteiger partial charge in [0.1, 0.15) is 11.4 Å². The van der Waals surface area contributed by atoms with Crippen molar-refractivity contribution in [2.24, 2.45) is 0 Å². The van der Waals surface area contributed by atoms with E-state index in [1.807, 2.05) is 0 Å². The van der Waals surface area contributed by atoms with E-state index in [9.17, 15) is 13.6 Å². The second kappa shape index (κ2) is 6.56. The van der Waals surface area contributed by atoms with Crippen molar-refractivity contribution in [2.75, 3.05) is 20.2 Å². The molecule has 0 saturated heterocycles. The average molecular weight is 325 g/mol.